The van der Waals surface area contributed by atoms with E-state index in [2.05, 4.69) is 39.9 Å². The molecule has 0 saturated carbocycles. The second-order valence-corrected chi connectivity index (χ2v) is 5.19. The van der Waals surface area contributed by atoms with Gasteiger partial charge < -0.3 is 10.2 Å². The molecule has 0 radical (unpaired) electrons. The Kier molecular flexibility index (Phi) is 8.26. The van der Waals surface area contributed by atoms with Gasteiger partial charge in [0.1, 0.15) is 0 Å². The maximum atomic E-state index is 12.0. The fourth-order valence-electron chi connectivity index (χ4n) is 1.69. The van der Waals surface area contributed by atoms with Crippen molar-refractivity contribution in [3.63, 3.8) is 0 Å². The van der Waals surface area contributed by atoms with Crippen LogP contribution in [0.4, 0.5) is 0 Å². The second kappa shape index (κ2) is 8.57. The molecule has 3 nitrogen and oxygen atoms in total. The summed E-state index contributed by atoms with van der Waals surface area (Å²) in [5.41, 5.74) is 0. The van der Waals surface area contributed by atoms with Crippen LogP contribution in [0.5, 0.6) is 0 Å². The van der Waals surface area contributed by atoms with Crippen LogP contribution in [0.15, 0.2) is 0 Å². The quantitative estimate of drug-likeness (QED) is 0.645. The van der Waals surface area contributed by atoms with Gasteiger partial charge in [-0.3, -0.25) is 4.79 Å². The number of hydrogen-bond donors (Lipinski definition) is 1. The van der Waals surface area contributed by atoms with Crippen LogP contribution in [0.2, 0.25) is 0 Å². The Balaban J connectivity index is 4.10. The maximum absolute atomic E-state index is 12.0. The van der Waals surface area contributed by atoms with Crippen molar-refractivity contribution < 1.29 is 4.79 Å². The lowest BCUT2D eigenvalue weighted by atomic mass is 10.1. The van der Waals surface area contributed by atoms with Crippen LogP contribution in [0, 0.1) is 11.8 Å². The third-order valence-electron chi connectivity index (χ3n) is 2.29. The number of rotatable bonds is 8. The Hall–Kier alpha value is -0.570. The standard InChI is InChI=1S/C13H28N2O/c1-6-14-8-7-13(16)15(9-11(2)3)10-12(4)5/h11-12,14H,6-10H2,1-5H3. The molecule has 0 spiro atoms. The van der Waals surface area contributed by atoms with Crippen LogP contribution in [-0.4, -0.2) is 37.0 Å². The second-order valence-electron chi connectivity index (χ2n) is 5.19. The maximum Gasteiger partial charge on any atom is 0.223 e. The highest BCUT2D eigenvalue weighted by atomic mass is 16.2. The summed E-state index contributed by atoms with van der Waals surface area (Å²) in [6.45, 7) is 14.2. The van der Waals surface area contributed by atoms with Crippen molar-refractivity contribution in [3.05, 3.63) is 0 Å². The Morgan fingerprint density at radius 2 is 1.62 bits per heavy atom. The number of carbonyl (C=O) groups is 1. The van der Waals surface area contributed by atoms with Gasteiger partial charge in [0.05, 0.1) is 0 Å². The molecule has 0 aromatic heterocycles. The van der Waals surface area contributed by atoms with E-state index in [1.54, 1.807) is 0 Å². The summed E-state index contributed by atoms with van der Waals surface area (Å²) in [6, 6.07) is 0. The third-order valence-corrected chi connectivity index (χ3v) is 2.29. The van der Waals surface area contributed by atoms with Crippen LogP contribution >= 0.6 is 0 Å². The summed E-state index contributed by atoms with van der Waals surface area (Å²) in [5, 5.41) is 3.19. The van der Waals surface area contributed by atoms with Crippen LogP contribution in [0.1, 0.15) is 41.0 Å². The van der Waals surface area contributed by atoms with E-state index < -0.39 is 0 Å². The number of hydrogen-bond acceptors (Lipinski definition) is 2. The molecule has 0 fully saturated rings. The highest BCUT2D eigenvalue weighted by Crippen LogP contribution is 2.05. The minimum atomic E-state index is 0.281. The van der Waals surface area contributed by atoms with Crippen LogP contribution in [-0.2, 0) is 4.79 Å². The van der Waals surface area contributed by atoms with E-state index in [4.69, 9.17) is 0 Å². The van der Waals surface area contributed by atoms with Crippen molar-refractivity contribution in [2.45, 2.75) is 41.0 Å². The van der Waals surface area contributed by atoms with Crippen LogP contribution < -0.4 is 5.32 Å². The Bertz CT molecular complexity index is 180. The van der Waals surface area contributed by atoms with Gasteiger partial charge in [0.15, 0.2) is 0 Å². The molecule has 0 saturated heterocycles. The van der Waals surface area contributed by atoms with Gasteiger partial charge in [-0.15, -0.1) is 0 Å². The highest BCUT2D eigenvalue weighted by Gasteiger charge is 2.15. The van der Waals surface area contributed by atoms with Gasteiger partial charge in [-0.2, -0.15) is 0 Å². The average Bonchev–Trinajstić information content (AvgIpc) is 2.15. The SMILES string of the molecule is CCNCCC(=O)N(CC(C)C)CC(C)C. The summed E-state index contributed by atoms with van der Waals surface area (Å²) < 4.78 is 0. The molecule has 1 amide bonds. The van der Waals surface area contributed by atoms with E-state index >= 15 is 0 Å². The Morgan fingerprint density at radius 1 is 1.12 bits per heavy atom. The summed E-state index contributed by atoms with van der Waals surface area (Å²) in [7, 11) is 0. The van der Waals surface area contributed by atoms with Crippen molar-refractivity contribution in [3.8, 4) is 0 Å². The molecule has 0 aromatic rings. The zero-order valence-electron chi connectivity index (χ0n) is 11.5. The summed E-state index contributed by atoms with van der Waals surface area (Å²) in [6.07, 6.45) is 0.618. The van der Waals surface area contributed by atoms with E-state index in [0.717, 1.165) is 26.2 Å². The molecule has 0 heterocycles. The lowest BCUT2D eigenvalue weighted by Crippen LogP contribution is -2.38. The third kappa shape index (κ3) is 7.69. The monoisotopic (exact) mass is 228 g/mol. The molecule has 0 aliphatic rings. The molecule has 3 heteroatoms. The molecule has 96 valence electrons. The molecule has 0 atom stereocenters. The molecule has 0 unspecified atom stereocenters. The van der Waals surface area contributed by atoms with Crippen molar-refractivity contribution in [2.24, 2.45) is 11.8 Å². The predicted octanol–water partition coefficient (Wildman–Crippen LogP) is 2.13. The van der Waals surface area contributed by atoms with Gasteiger partial charge >= 0.3 is 0 Å². The molecule has 0 aliphatic carbocycles. The van der Waals surface area contributed by atoms with Gasteiger partial charge in [0.25, 0.3) is 0 Å². The van der Waals surface area contributed by atoms with Gasteiger partial charge in [0.2, 0.25) is 5.91 Å². The first-order valence-electron chi connectivity index (χ1n) is 6.45. The fourth-order valence-corrected chi connectivity index (χ4v) is 1.69. The molecule has 16 heavy (non-hydrogen) atoms. The first-order valence-corrected chi connectivity index (χ1v) is 6.45. The van der Waals surface area contributed by atoms with E-state index in [0.29, 0.717) is 18.3 Å². The molecule has 0 aliphatic heterocycles. The van der Waals surface area contributed by atoms with Crippen molar-refractivity contribution in [1.29, 1.82) is 0 Å². The highest BCUT2D eigenvalue weighted by molar-refractivity contribution is 5.76. The van der Waals surface area contributed by atoms with E-state index in [-0.39, 0.29) is 5.91 Å². The fraction of sp³-hybridized carbons (Fsp3) is 0.923. The number of amides is 1. The van der Waals surface area contributed by atoms with Crippen molar-refractivity contribution in [2.75, 3.05) is 26.2 Å². The predicted molar refractivity (Wildman–Crippen MR) is 69.4 cm³/mol. The summed E-state index contributed by atoms with van der Waals surface area (Å²) >= 11 is 0. The smallest absolute Gasteiger partial charge is 0.223 e. The topological polar surface area (TPSA) is 32.3 Å². The normalized spacial score (nSPS) is 11.2. The van der Waals surface area contributed by atoms with Gasteiger partial charge in [-0.05, 0) is 18.4 Å². The number of nitrogens with one attached hydrogen (secondary N) is 1. The van der Waals surface area contributed by atoms with Crippen LogP contribution in [0.3, 0.4) is 0 Å². The van der Waals surface area contributed by atoms with E-state index in [9.17, 15) is 4.79 Å². The minimum Gasteiger partial charge on any atom is -0.342 e. The molecular weight excluding hydrogens is 200 g/mol. The Morgan fingerprint density at radius 3 is 2.00 bits per heavy atom. The lowest BCUT2D eigenvalue weighted by Gasteiger charge is -2.26. The van der Waals surface area contributed by atoms with E-state index in [1.807, 2.05) is 4.90 Å². The van der Waals surface area contributed by atoms with Crippen molar-refractivity contribution in [1.82, 2.24) is 10.2 Å². The summed E-state index contributed by atoms with van der Waals surface area (Å²) in [4.78, 5) is 14.0. The number of nitrogens with zero attached hydrogens (tertiary/aromatic N) is 1. The molecule has 0 bridgehead atoms. The largest absolute Gasteiger partial charge is 0.342 e. The Labute approximate surface area is 101 Å². The first-order chi connectivity index (χ1) is 7.47. The number of carbonyl (C=O) groups excluding carboxylic acids is 1. The van der Waals surface area contributed by atoms with Gasteiger partial charge in [-0.25, -0.2) is 0 Å². The first kappa shape index (κ1) is 15.4. The lowest BCUT2D eigenvalue weighted by molar-refractivity contribution is -0.132. The van der Waals surface area contributed by atoms with Gasteiger partial charge in [0, 0.05) is 26.1 Å². The molecule has 1 N–H and O–H groups in total. The zero-order chi connectivity index (χ0) is 12.6. The zero-order valence-corrected chi connectivity index (χ0v) is 11.5. The van der Waals surface area contributed by atoms with Gasteiger partial charge in [-0.1, -0.05) is 34.6 Å². The average molecular weight is 228 g/mol. The molecule has 0 rings (SSSR count). The minimum absolute atomic E-state index is 0.281. The molecular formula is C13H28N2O. The molecule has 0 aromatic carbocycles. The van der Waals surface area contributed by atoms with Crippen LogP contribution in [0.25, 0.3) is 0 Å². The van der Waals surface area contributed by atoms with Crippen molar-refractivity contribution >= 4 is 5.91 Å². The summed E-state index contributed by atoms with van der Waals surface area (Å²) in [5.74, 6) is 1.37. The van der Waals surface area contributed by atoms with E-state index in [1.165, 1.54) is 0 Å².